The summed E-state index contributed by atoms with van der Waals surface area (Å²) in [5.41, 5.74) is 1.23. The van der Waals surface area contributed by atoms with E-state index in [1.807, 2.05) is 13.8 Å². The third-order valence-corrected chi connectivity index (χ3v) is 3.34. The monoisotopic (exact) mass is 227 g/mol. The molecule has 0 amide bonds. The van der Waals surface area contributed by atoms with Crippen molar-refractivity contribution in [3.05, 3.63) is 16.1 Å². The second kappa shape index (κ2) is 4.62. The van der Waals surface area contributed by atoms with E-state index in [4.69, 9.17) is 0 Å². The van der Waals surface area contributed by atoms with Crippen molar-refractivity contribution in [1.29, 1.82) is 0 Å². The van der Waals surface area contributed by atoms with Gasteiger partial charge in [-0.15, -0.1) is 11.3 Å². The molecule has 1 atom stereocenters. The molecule has 15 heavy (non-hydrogen) atoms. The summed E-state index contributed by atoms with van der Waals surface area (Å²) in [6.07, 6.45) is 0.405. The molecule has 1 aromatic rings. The van der Waals surface area contributed by atoms with Crippen LogP contribution in [-0.2, 0) is 11.8 Å². The first kappa shape index (κ1) is 12.7. The van der Waals surface area contributed by atoms with Gasteiger partial charge in [-0.1, -0.05) is 34.6 Å². The van der Waals surface area contributed by atoms with E-state index in [2.05, 4.69) is 31.1 Å². The van der Waals surface area contributed by atoms with Crippen LogP contribution in [0.5, 0.6) is 0 Å². The molecule has 1 N–H and O–H groups in total. The molecule has 1 aromatic heterocycles. The molecule has 0 fully saturated rings. The van der Waals surface area contributed by atoms with Gasteiger partial charge in [-0.2, -0.15) is 0 Å². The zero-order valence-electron chi connectivity index (χ0n) is 10.2. The maximum atomic E-state index is 9.76. The highest BCUT2D eigenvalue weighted by molar-refractivity contribution is 7.09. The molecule has 0 spiro atoms. The molecule has 0 aromatic carbocycles. The van der Waals surface area contributed by atoms with Crippen LogP contribution in [0.15, 0.2) is 5.38 Å². The minimum Gasteiger partial charge on any atom is -0.392 e. The lowest BCUT2D eigenvalue weighted by molar-refractivity contribution is 0.125. The number of aliphatic hydroxyl groups excluding tert-OH is 1. The number of nitrogens with zero attached hydrogens (tertiary/aromatic N) is 1. The van der Waals surface area contributed by atoms with Crippen LogP contribution in [0, 0.1) is 5.92 Å². The van der Waals surface area contributed by atoms with Gasteiger partial charge in [0.25, 0.3) is 0 Å². The molecule has 1 unspecified atom stereocenters. The predicted molar refractivity (Wildman–Crippen MR) is 65.4 cm³/mol. The van der Waals surface area contributed by atoms with Gasteiger partial charge in [0.1, 0.15) is 0 Å². The average Bonchev–Trinajstić information content (AvgIpc) is 2.51. The highest BCUT2D eigenvalue weighted by Crippen LogP contribution is 2.24. The lowest BCUT2D eigenvalue weighted by Crippen LogP contribution is -2.18. The third-order valence-electron chi connectivity index (χ3n) is 2.47. The minimum absolute atomic E-state index is 0.109. The Balaban J connectivity index is 2.69. The second-order valence-electron chi connectivity index (χ2n) is 5.39. The summed E-state index contributed by atoms with van der Waals surface area (Å²) in [7, 11) is 0. The molecule has 0 saturated carbocycles. The smallest absolute Gasteiger partial charge is 0.0954 e. The van der Waals surface area contributed by atoms with Crippen LogP contribution in [0.3, 0.4) is 0 Å². The van der Waals surface area contributed by atoms with E-state index in [0.29, 0.717) is 12.3 Å². The van der Waals surface area contributed by atoms with Crippen molar-refractivity contribution < 1.29 is 5.11 Å². The normalized spacial score (nSPS) is 14.6. The standard InChI is InChI=1S/C12H21NOS/c1-8(2)9(14)6-11-13-10(7-15-11)12(3,4)5/h7-9,14H,6H2,1-5H3. The molecule has 0 bridgehead atoms. The van der Waals surface area contributed by atoms with Gasteiger partial charge < -0.3 is 5.11 Å². The largest absolute Gasteiger partial charge is 0.392 e. The summed E-state index contributed by atoms with van der Waals surface area (Å²) >= 11 is 1.65. The second-order valence-corrected chi connectivity index (χ2v) is 6.33. The van der Waals surface area contributed by atoms with E-state index in [0.717, 1.165) is 10.7 Å². The fourth-order valence-corrected chi connectivity index (χ4v) is 2.24. The zero-order valence-corrected chi connectivity index (χ0v) is 11.1. The Kier molecular flexibility index (Phi) is 3.90. The summed E-state index contributed by atoms with van der Waals surface area (Å²) in [5.74, 6) is 0.298. The Hall–Kier alpha value is -0.410. The molecule has 1 rings (SSSR count). The highest BCUT2D eigenvalue weighted by atomic mass is 32.1. The summed E-state index contributed by atoms with van der Waals surface area (Å²) < 4.78 is 0. The van der Waals surface area contributed by atoms with Crippen LogP contribution < -0.4 is 0 Å². The summed E-state index contributed by atoms with van der Waals surface area (Å²) in [6.45, 7) is 10.5. The summed E-state index contributed by atoms with van der Waals surface area (Å²) in [5, 5.41) is 12.9. The van der Waals surface area contributed by atoms with Crippen LogP contribution >= 0.6 is 11.3 Å². The minimum atomic E-state index is -0.274. The molecule has 3 heteroatoms. The molecule has 86 valence electrons. The Morgan fingerprint density at radius 3 is 2.40 bits per heavy atom. The number of aromatic nitrogens is 1. The Bertz CT molecular complexity index is 312. The van der Waals surface area contributed by atoms with Crippen LogP contribution in [0.1, 0.15) is 45.3 Å². The van der Waals surface area contributed by atoms with Crippen molar-refractivity contribution in [2.24, 2.45) is 5.92 Å². The van der Waals surface area contributed by atoms with Crippen LogP contribution in [0.4, 0.5) is 0 Å². The maximum absolute atomic E-state index is 9.76. The molecule has 0 saturated heterocycles. The van der Waals surface area contributed by atoms with E-state index < -0.39 is 0 Å². The van der Waals surface area contributed by atoms with Gasteiger partial charge in [0.05, 0.1) is 16.8 Å². The van der Waals surface area contributed by atoms with Crippen LogP contribution in [-0.4, -0.2) is 16.2 Å². The number of hydrogen-bond acceptors (Lipinski definition) is 3. The van der Waals surface area contributed by atoms with Gasteiger partial charge in [-0.3, -0.25) is 0 Å². The third kappa shape index (κ3) is 3.58. The molecule has 0 radical (unpaired) electrons. The first-order chi connectivity index (χ1) is 6.80. The number of rotatable bonds is 3. The fraction of sp³-hybridized carbons (Fsp3) is 0.750. The molecule has 0 aliphatic heterocycles. The van der Waals surface area contributed by atoms with Gasteiger partial charge >= 0.3 is 0 Å². The molecule has 0 aliphatic carbocycles. The number of thiazole rings is 1. The lowest BCUT2D eigenvalue weighted by Gasteiger charge is -2.15. The van der Waals surface area contributed by atoms with Crippen molar-refractivity contribution in [2.75, 3.05) is 0 Å². The van der Waals surface area contributed by atoms with Crippen molar-refractivity contribution in [2.45, 2.75) is 52.6 Å². The van der Waals surface area contributed by atoms with Crippen LogP contribution in [0.2, 0.25) is 0 Å². The first-order valence-corrected chi connectivity index (χ1v) is 6.31. The molecule has 2 nitrogen and oxygen atoms in total. The Morgan fingerprint density at radius 1 is 1.40 bits per heavy atom. The van der Waals surface area contributed by atoms with Crippen molar-refractivity contribution in [3.63, 3.8) is 0 Å². The van der Waals surface area contributed by atoms with Gasteiger partial charge in [-0.25, -0.2) is 4.98 Å². The van der Waals surface area contributed by atoms with E-state index in [1.54, 1.807) is 11.3 Å². The number of aliphatic hydroxyl groups is 1. The van der Waals surface area contributed by atoms with Gasteiger partial charge in [0, 0.05) is 17.2 Å². The highest BCUT2D eigenvalue weighted by Gasteiger charge is 2.19. The molecule has 0 aliphatic rings. The van der Waals surface area contributed by atoms with Crippen LogP contribution in [0.25, 0.3) is 0 Å². The van der Waals surface area contributed by atoms with Gasteiger partial charge in [0.15, 0.2) is 0 Å². The van der Waals surface area contributed by atoms with E-state index in [-0.39, 0.29) is 11.5 Å². The first-order valence-electron chi connectivity index (χ1n) is 5.43. The zero-order chi connectivity index (χ0) is 11.6. The molecular weight excluding hydrogens is 206 g/mol. The Morgan fingerprint density at radius 2 is 2.00 bits per heavy atom. The van der Waals surface area contributed by atoms with Gasteiger partial charge in [0.2, 0.25) is 0 Å². The predicted octanol–water partition coefficient (Wildman–Crippen LogP) is 3.00. The quantitative estimate of drug-likeness (QED) is 0.861. The van der Waals surface area contributed by atoms with Gasteiger partial charge in [-0.05, 0) is 5.92 Å². The summed E-state index contributed by atoms with van der Waals surface area (Å²) in [6, 6.07) is 0. The Labute approximate surface area is 96.4 Å². The van der Waals surface area contributed by atoms with E-state index >= 15 is 0 Å². The SMILES string of the molecule is CC(C)C(O)Cc1nc(C(C)(C)C)cs1. The molecular formula is C12H21NOS. The van der Waals surface area contributed by atoms with Crippen molar-refractivity contribution >= 4 is 11.3 Å². The van der Waals surface area contributed by atoms with E-state index in [9.17, 15) is 5.11 Å². The lowest BCUT2D eigenvalue weighted by atomic mass is 9.93. The molecule has 1 heterocycles. The maximum Gasteiger partial charge on any atom is 0.0954 e. The number of hydrogen-bond donors (Lipinski definition) is 1. The summed E-state index contributed by atoms with van der Waals surface area (Å²) in [4.78, 5) is 4.56. The fourth-order valence-electron chi connectivity index (χ4n) is 1.16. The van der Waals surface area contributed by atoms with Crippen molar-refractivity contribution in [3.8, 4) is 0 Å². The van der Waals surface area contributed by atoms with Crippen molar-refractivity contribution in [1.82, 2.24) is 4.98 Å². The average molecular weight is 227 g/mol. The topological polar surface area (TPSA) is 33.1 Å². The van der Waals surface area contributed by atoms with E-state index in [1.165, 1.54) is 0 Å².